The van der Waals surface area contributed by atoms with E-state index in [4.69, 9.17) is 0 Å². The Morgan fingerprint density at radius 2 is 2.05 bits per heavy atom. The second-order valence-electron chi connectivity index (χ2n) is 4.34. The summed E-state index contributed by atoms with van der Waals surface area (Å²) in [6, 6.07) is 11.0. The fourth-order valence-electron chi connectivity index (χ4n) is 1.89. The Labute approximate surface area is 139 Å². The quantitative estimate of drug-likeness (QED) is 0.413. The first kappa shape index (κ1) is 15.2. The minimum absolute atomic E-state index is 0.129. The number of nitrogens with zero attached hydrogens (tertiary/aromatic N) is 1. The van der Waals surface area contributed by atoms with Gasteiger partial charge in [-0.15, -0.1) is 0 Å². The molecule has 4 nitrogen and oxygen atoms in total. The lowest BCUT2D eigenvalue weighted by Crippen LogP contribution is -2.04. The van der Waals surface area contributed by atoms with Crippen LogP contribution in [0.2, 0.25) is 0 Å². The van der Waals surface area contributed by atoms with E-state index in [2.05, 4.69) is 49.9 Å². The van der Waals surface area contributed by atoms with Crippen molar-refractivity contribution < 1.29 is 4.92 Å². The van der Waals surface area contributed by atoms with Gasteiger partial charge in [0.25, 0.3) is 5.69 Å². The lowest BCUT2D eigenvalue weighted by atomic mass is 10.1. The maximum Gasteiger partial charge on any atom is 0.274 e. The highest BCUT2D eigenvalue weighted by Crippen LogP contribution is 2.25. The van der Waals surface area contributed by atoms with Crippen LogP contribution >= 0.6 is 38.5 Å². The molecule has 0 amide bonds. The molecule has 0 aliphatic rings. The van der Waals surface area contributed by atoms with Gasteiger partial charge in [0.05, 0.1) is 4.92 Å². The fraction of sp³-hybridized carbons (Fsp3) is 0.143. The van der Waals surface area contributed by atoms with E-state index in [9.17, 15) is 10.1 Å². The van der Waals surface area contributed by atoms with Crippen LogP contribution < -0.4 is 5.32 Å². The predicted molar refractivity (Wildman–Crippen MR) is 92.0 cm³/mol. The Morgan fingerprint density at radius 1 is 1.30 bits per heavy atom. The van der Waals surface area contributed by atoms with Crippen molar-refractivity contribution in [2.45, 2.75) is 13.5 Å². The van der Waals surface area contributed by atoms with Crippen LogP contribution in [0, 0.1) is 20.6 Å². The Balaban J connectivity index is 2.22. The lowest BCUT2D eigenvalue weighted by Gasteiger charge is -2.10. The van der Waals surface area contributed by atoms with Gasteiger partial charge in [-0.2, -0.15) is 0 Å². The number of nitrogens with one attached hydrogen (secondary N) is 1. The molecule has 2 rings (SSSR count). The monoisotopic (exact) mass is 446 g/mol. The zero-order chi connectivity index (χ0) is 14.7. The Morgan fingerprint density at radius 3 is 2.70 bits per heavy atom. The van der Waals surface area contributed by atoms with Gasteiger partial charge in [-0.25, -0.2) is 0 Å². The maximum absolute atomic E-state index is 11.0. The van der Waals surface area contributed by atoms with Gasteiger partial charge >= 0.3 is 0 Å². The summed E-state index contributed by atoms with van der Waals surface area (Å²) in [7, 11) is 0. The van der Waals surface area contributed by atoms with Crippen molar-refractivity contribution in [2.75, 3.05) is 5.32 Å². The number of rotatable bonds is 4. The summed E-state index contributed by atoms with van der Waals surface area (Å²) in [5.41, 5.74) is 2.89. The molecule has 0 spiro atoms. The van der Waals surface area contributed by atoms with E-state index in [0.29, 0.717) is 12.1 Å². The molecule has 104 valence electrons. The first-order valence-corrected chi connectivity index (χ1v) is 7.77. The van der Waals surface area contributed by atoms with Crippen LogP contribution in [0.15, 0.2) is 40.9 Å². The van der Waals surface area contributed by atoms with Crippen LogP contribution in [0.3, 0.4) is 0 Å². The van der Waals surface area contributed by atoms with Crippen molar-refractivity contribution in [3.05, 3.63) is 65.7 Å². The molecule has 0 aliphatic carbocycles. The molecule has 0 heterocycles. The Hall–Kier alpha value is -1.15. The molecular formula is C14H12BrIN2O2. The van der Waals surface area contributed by atoms with E-state index < -0.39 is 0 Å². The number of hydrogen-bond donors (Lipinski definition) is 1. The molecule has 0 unspecified atom stereocenters. The second kappa shape index (κ2) is 6.53. The van der Waals surface area contributed by atoms with Gasteiger partial charge in [-0.1, -0.05) is 15.9 Å². The van der Waals surface area contributed by atoms with Crippen LogP contribution in [0.1, 0.15) is 11.1 Å². The molecule has 0 saturated carbocycles. The molecule has 0 atom stereocenters. The standard InChI is InChI=1S/C14H12BrIN2O2/c1-9-6-12(16)3-4-13(9)17-8-10-7-11(15)2-5-14(10)18(19)20/h2-7,17H,8H2,1H3. The van der Waals surface area contributed by atoms with Crippen LogP contribution in [-0.2, 0) is 6.54 Å². The minimum Gasteiger partial charge on any atom is -0.380 e. The molecular weight excluding hydrogens is 435 g/mol. The average Bonchev–Trinajstić information content (AvgIpc) is 2.37. The van der Waals surface area contributed by atoms with Gasteiger partial charge in [-0.05, 0) is 65.4 Å². The van der Waals surface area contributed by atoms with Crippen LogP contribution in [0.25, 0.3) is 0 Å². The van der Waals surface area contributed by atoms with E-state index in [0.717, 1.165) is 15.7 Å². The predicted octanol–water partition coefficient (Wildman–Crippen LogP) is 4.88. The van der Waals surface area contributed by atoms with Gasteiger partial charge in [0, 0.05) is 31.9 Å². The van der Waals surface area contributed by atoms with E-state index in [1.54, 1.807) is 12.1 Å². The number of nitro benzene ring substituents is 1. The van der Waals surface area contributed by atoms with Crippen molar-refractivity contribution in [2.24, 2.45) is 0 Å². The number of hydrogen-bond acceptors (Lipinski definition) is 3. The van der Waals surface area contributed by atoms with Gasteiger partial charge in [0.15, 0.2) is 0 Å². The molecule has 6 heteroatoms. The molecule has 1 N–H and O–H groups in total. The minimum atomic E-state index is -0.357. The van der Waals surface area contributed by atoms with Crippen molar-refractivity contribution in [1.82, 2.24) is 0 Å². The smallest absolute Gasteiger partial charge is 0.274 e. The van der Waals surface area contributed by atoms with Gasteiger partial charge in [0.1, 0.15) is 0 Å². The number of halogens is 2. The van der Waals surface area contributed by atoms with Crippen LogP contribution in [0.4, 0.5) is 11.4 Å². The first-order valence-electron chi connectivity index (χ1n) is 5.90. The van der Waals surface area contributed by atoms with Crippen LogP contribution in [-0.4, -0.2) is 4.92 Å². The van der Waals surface area contributed by atoms with Gasteiger partial charge in [0.2, 0.25) is 0 Å². The zero-order valence-corrected chi connectivity index (χ0v) is 14.4. The molecule has 20 heavy (non-hydrogen) atoms. The van der Waals surface area contributed by atoms with Crippen molar-refractivity contribution >= 4 is 49.9 Å². The SMILES string of the molecule is Cc1cc(I)ccc1NCc1cc(Br)ccc1[N+](=O)[O-]. The van der Waals surface area contributed by atoms with Crippen molar-refractivity contribution in [1.29, 1.82) is 0 Å². The highest BCUT2D eigenvalue weighted by Gasteiger charge is 2.13. The number of anilines is 1. The molecule has 0 fully saturated rings. The number of aryl methyl sites for hydroxylation is 1. The van der Waals surface area contributed by atoms with E-state index >= 15 is 0 Å². The van der Waals surface area contributed by atoms with Crippen molar-refractivity contribution in [3.8, 4) is 0 Å². The molecule has 0 radical (unpaired) electrons. The summed E-state index contributed by atoms with van der Waals surface area (Å²) in [6.45, 7) is 2.43. The maximum atomic E-state index is 11.0. The van der Waals surface area contributed by atoms with Gasteiger partial charge < -0.3 is 5.32 Å². The molecule has 0 aromatic heterocycles. The topological polar surface area (TPSA) is 55.2 Å². The molecule has 2 aromatic rings. The normalized spacial score (nSPS) is 10.3. The summed E-state index contributed by atoms with van der Waals surface area (Å²) < 4.78 is 2.00. The molecule has 0 saturated heterocycles. The molecule has 2 aromatic carbocycles. The lowest BCUT2D eigenvalue weighted by molar-refractivity contribution is -0.385. The molecule has 0 bridgehead atoms. The van der Waals surface area contributed by atoms with E-state index in [-0.39, 0.29) is 10.6 Å². The average molecular weight is 447 g/mol. The largest absolute Gasteiger partial charge is 0.380 e. The fourth-order valence-corrected chi connectivity index (χ4v) is 2.95. The Kier molecular flexibility index (Phi) is 4.98. The third-order valence-electron chi connectivity index (χ3n) is 2.90. The van der Waals surface area contributed by atoms with E-state index in [1.807, 2.05) is 19.1 Å². The highest BCUT2D eigenvalue weighted by atomic mass is 127. The number of nitro groups is 1. The van der Waals surface area contributed by atoms with Crippen LogP contribution in [0.5, 0.6) is 0 Å². The zero-order valence-electron chi connectivity index (χ0n) is 10.7. The third-order valence-corrected chi connectivity index (χ3v) is 4.06. The summed E-state index contributed by atoms with van der Waals surface area (Å²) in [5.74, 6) is 0. The molecule has 0 aliphatic heterocycles. The summed E-state index contributed by atoms with van der Waals surface area (Å²) >= 11 is 5.60. The Bertz CT molecular complexity index is 662. The number of benzene rings is 2. The van der Waals surface area contributed by atoms with E-state index in [1.165, 1.54) is 9.64 Å². The summed E-state index contributed by atoms with van der Waals surface area (Å²) in [6.07, 6.45) is 0. The highest BCUT2D eigenvalue weighted by molar-refractivity contribution is 14.1. The first-order chi connectivity index (χ1) is 9.47. The third kappa shape index (κ3) is 3.69. The van der Waals surface area contributed by atoms with Crippen molar-refractivity contribution in [3.63, 3.8) is 0 Å². The summed E-state index contributed by atoms with van der Waals surface area (Å²) in [4.78, 5) is 10.7. The second-order valence-corrected chi connectivity index (χ2v) is 6.50. The summed E-state index contributed by atoms with van der Waals surface area (Å²) in [5, 5.41) is 14.3. The van der Waals surface area contributed by atoms with Gasteiger partial charge in [-0.3, -0.25) is 10.1 Å².